The van der Waals surface area contributed by atoms with Crippen LogP contribution in [0.2, 0.25) is 0 Å². The maximum atomic E-state index is 13.0. The van der Waals surface area contributed by atoms with Gasteiger partial charge in [0.25, 0.3) is 17.5 Å². The Balaban J connectivity index is 1.88. The van der Waals surface area contributed by atoms with Gasteiger partial charge in [-0.25, -0.2) is 0 Å². The minimum absolute atomic E-state index is 0.0696. The monoisotopic (exact) mass is 447 g/mol. The minimum atomic E-state index is -0.543. The molecule has 1 fully saturated rings. The average Bonchev–Trinajstić information content (AvgIpc) is 3.26. The van der Waals surface area contributed by atoms with Gasteiger partial charge in [-0.05, 0) is 59.5 Å². The van der Waals surface area contributed by atoms with Crippen molar-refractivity contribution in [2.24, 2.45) is 0 Å². The molecule has 9 heteroatoms. The minimum Gasteiger partial charge on any atom is -0.464 e. The van der Waals surface area contributed by atoms with Gasteiger partial charge >= 0.3 is 0 Å². The maximum Gasteiger partial charge on any atom is 0.271 e. The summed E-state index contributed by atoms with van der Waals surface area (Å²) in [6.07, 6.45) is 4.36. The number of nitro benzene ring substituents is 1. The van der Waals surface area contributed by atoms with Gasteiger partial charge in [-0.1, -0.05) is 0 Å². The Morgan fingerprint density at radius 1 is 1.11 bits per heavy atom. The predicted octanol–water partition coefficient (Wildman–Crippen LogP) is 3.69. The summed E-state index contributed by atoms with van der Waals surface area (Å²) in [6, 6.07) is 8.52. The van der Waals surface area contributed by atoms with E-state index in [2.05, 4.69) is 21.2 Å². The molecule has 0 radical (unpaired) electrons. The first kappa shape index (κ1) is 19.8. The van der Waals surface area contributed by atoms with Gasteiger partial charge in [0.05, 0.1) is 15.7 Å². The van der Waals surface area contributed by atoms with Gasteiger partial charge in [0, 0.05) is 30.8 Å². The lowest BCUT2D eigenvalue weighted by molar-refractivity contribution is -0.384. The van der Waals surface area contributed by atoms with E-state index >= 15 is 0 Å². The molecule has 1 aromatic heterocycles. The molecule has 1 N–H and O–H groups in total. The summed E-state index contributed by atoms with van der Waals surface area (Å²) in [5, 5.41) is 13.4. The van der Waals surface area contributed by atoms with Gasteiger partial charge in [0.2, 0.25) is 0 Å². The first-order valence-corrected chi connectivity index (χ1v) is 9.55. The molecule has 0 bridgehead atoms. The Hall–Kier alpha value is -2.94. The Morgan fingerprint density at radius 2 is 1.79 bits per heavy atom. The van der Waals surface area contributed by atoms with Crippen molar-refractivity contribution in [1.29, 1.82) is 0 Å². The number of carbonyl (C=O) groups excluding carboxylic acids is 2. The van der Waals surface area contributed by atoms with Crippen LogP contribution in [0.5, 0.6) is 0 Å². The Morgan fingerprint density at radius 3 is 2.36 bits per heavy atom. The standard InChI is InChI=1S/C19H18BrN3O5/c20-16(15-5-4-12-28-15)17(19(25)22-10-2-1-3-11-22)21-18(24)13-6-8-14(9-7-13)23(26)27/h4-9,12H,1-3,10-11H2,(H,21,24). The first-order valence-electron chi connectivity index (χ1n) is 8.76. The number of piperidine rings is 1. The van der Waals surface area contributed by atoms with E-state index in [0.717, 1.165) is 19.3 Å². The average molecular weight is 448 g/mol. The molecule has 0 unspecified atom stereocenters. The fraction of sp³-hybridized carbons (Fsp3) is 0.263. The van der Waals surface area contributed by atoms with Gasteiger partial charge < -0.3 is 14.6 Å². The number of amides is 2. The van der Waals surface area contributed by atoms with E-state index < -0.39 is 10.8 Å². The zero-order chi connectivity index (χ0) is 20.1. The third-order valence-electron chi connectivity index (χ3n) is 4.39. The highest BCUT2D eigenvalue weighted by Crippen LogP contribution is 2.27. The van der Waals surface area contributed by atoms with E-state index in [4.69, 9.17) is 4.42 Å². The topological polar surface area (TPSA) is 106 Å². The molecule has 2 heterocycles. The molecule has 1 saturated heterocycles. The summed E-state index contributed by atoms with van der Waals surface area (Å²) in [4.78, 5) is 37.6. The van der Waals surface area contributed by atoms with Crippen LogP contribution in [0.3, 0.4) is 0 Å². The molecular formula is C19H18BrN3O5. The van der Waals surface area contributed by atoms with Gasteiger partial charge in [0.15, 0.2) is 0 Å². The predicted molar refractivity (Wildman–Crippen MR) is 106 cm³/mol. The lowest BCUT2D eigenvalue weighted by Crippen LogP contribution is -2.41. The molecule has 0 atom stereocenters. The highest BCUT2D eigenvalue weighted by molar-refractivity contribution is 9.15. The zero-order valence-electron chi connectivity index (χ0n) is 14.9. The van der Waals surface area contributed by atoms with Crippen molar-refractivity contribution < 1.29 is 18.9 Å². The van der Waals surface area contributed by atoms with E-state index in [0.29, 0.717) is 23.3 Å². The second-order valence-electron chi connectivity index (χ2n) is 6.28. The maximum absolute atomic E-state index is 13.0. The Labute approximate surface area is 169 Å². The largest absolute Gasteiger partial charge is 0.464 e. The number of non-ortho nitro benzene ring substituents is 1. The molecular weight excluding hydrogens is 430 g/mol. The number of hydrogen-bond donors (Lipinski definition) is 1. The van der Waals surface area contributed by atoms with E-state index in [1.54, 1.807) is 17.0 Å². The zero-order valence-corrected chi connectivity index (χ0v) is 16.5. The molecule has 8 nitrogen and oxygen atoms in total. The van der Waals surface area contributed by atoms with Crippen LogP contribution < -0.4 is 5.32 Å². The van der Waals surface area contributed by atoms with Crippen LogP contribution >= 0.6 is 15.9 Å². The highest BCUT2D eigenvalue weighted by atomic mass is 79.9. The van der Waals surface area contributed by atoms with Crippen molar-refractivity contribution >= 4 is 37.9 Å². The number of carbonyl (C=O) groups is 2. The van der Waals surface area contributed by atoms with Crippen molar-refractivity contribution in [3.8, 4) is 0 Å². The van der Waals surface area contributed by atoms with E-state index in [-0.39, 0.29) is 22.9 Å². The molecule has 0 spiro atoms. The van der Waals surface area contributed by atoms with Crippen LogP contribution in [0.15, 0.2) is 52.8 Å². The molecule has 2 amide bonds. The smallest absolute Gasteiger partial charge is 0.271 e. The number of nitrogens with zero attached hydrogens (tertiary/aromatic N) is 2. The Bertz CT molecular complexity index is 900. The molecule has 1 aliphatic rings. The summed E-state index contributed by atoms with van der Waals surface area (Å²) in [5.41, 5.74) is 0.156. The summed E-state index contributed by atoms with van der Waals surface area (Å²) in [5.74, 6) is -0.443. The number of likely N-dealkylation sites (tertiary alicyclic amines) is 1. The SMILES string of the molecule is O=C(NC(C(=O)N1CCCCC1)=C(Br)c1ccco1)c1ccc([N+](=O)[O-])cc1. The van der Waals surface area contributed by atoms with E-state index in [1.165, 1.54) is 30.5 Å². The van der Waals surface area contributed by atoms with Gasteiger partial charge in [-0.15, -0.1) is 0 Å². The summed E-state index contributed by atoms with van der Waals surface area (Å²) in [6.45, 7) is 1.24. The van der Waals surface area contributed by atoms with Crippen LogP contribution in [0.25, 0.3) is 4.48 Å². The number of hydrogen-bond acceptors (Lipinski definition) is 5. The Kier molecular flexibility index (Phi) is 6.25. The summed E-state index contributed by atoms with van der Waals surface area (Å²) in [7, 11) is 0. The number of nitrogens with one attached hydrogen (secondary N) is 1. The van der Waals surface area contributed by atoms with Crippen LogP contribution in [-0.4, -0.2) is 34.7 Å². The molecule has 0 aliphatic carbocycles. The fourth-order valence-electron chi connectivity index (χ4n) is 2.90. The van der Waals surface area contributed by atoms with Crippen LogP contribution in [0, 0.1) is 10.1 Å². The quantitative estimate of drug-likeness (QED) is 0.427. The lowest BCUT2D eigenvalue weighted by atomic mass is 10.1. The number of furan rings is 1. The molecule has 28 heavy (non-hydrogen) atoms. The van der Waals surface area contributed by atoms with Crippen molar-refractivity contribution in [3.05, 3.63) is 69.8 Å². The fourth-order valence-corrected chi connectivity index (χ4v) is 3.40. The van der Waals surface area contributed by atoms with Gasteiger partial charge in [-0.3, -0.25) is 19.7 Å². The highest BCUT2D eigenvalue weighted by Gasteiger charge is 2.26. The molecule has 1 aliphatic heterocycles. The van der Waals surface area contributed by atoms with Crippen LogP contribution in [-0.2, 0) is 4.79 Å². The molecule has 0 saturated carbocycles. The van der Waals surface area contributed by atoms with Gasteiger partial charge in [-0.2, -0.15) is 0 Å². The number of benzene rings is 1. The molecule has 3 rings (SSSR count). The van der Waals surface area contributed by atoms with E-state index in [9.17, 15) is 19.7 Å². The van der Waals surface area contributed by atoms with E-state index in [1.807, 2.05) is 0 Å². The van der Waals surface area contributed by atoms with Crippen molar-refractivity contribution in [1.82, 2.24) is 10.2 Å². The molecule has 1 aromatic carbocycles. The van der Waals surface area contributed by atoms with Crippen molar-refractivity contribution in [3.63, 3.8) is 0 Å². The van der Waals surface area contributed by atoms with Crippen molar-refractivity contribution in [2.75, 3.05) is 13.1 Å². The number of rotatable bonds is 5. The summed E-state index contributed by atoms with van der Waals surface area (Å²) >= 11 is 3.36. The molecule has 2 aromatic rings. The number of nitro groups is 1. The normalized spacial score (nSPS) is 15.0. The van der Waals surface area contributed by atoms with Crippen molar-refractivity contribution in [2.45, 2.75) is 19.3 Å². The van der Waals surface area contributed by atoms with Crippen LogP contribution in [0.1, 0.15) is 35.4 Å². The van der Waals surface area contributed by atoms with Crippen LogP contribution in [0.4, 0.5) is 5.69 Å². The summed E-state index contributed by atoms with van der Waals surface area (Å²) < 4.78 is 5.68. The third kappa shape index (κ3) is 4.48. The lowest BCUT2D eigenvalue weighted by Gasteiger charge is -2.28. The number of halogens is 1. The first-order chi connectivity index (χ1) is 13.5. The third-order valence-corrected chi connectivity index (χ3v) is 5.18. The molecule has 146 valence electrons. The second-order valence-corrected chi connectivity index (χ2v) is 7.07. The van der Waals surface area contributed by atoms with Gasteiger partial charge in [0.1, 0.15) is 11.5 Å². The second kappa shape index (κ2) is 8.83.